The van der Waals surface area contributed by atoms with Crippen LogP contribution in [0.4, 0.5) is 0 Å². The highest BCUT2D eigenvalue weighted by molar-refractivity contribution is 5.75. The van der Waals surface area contributed by atoms with E-state index in [4.69, 9.17) is 9.72 Å². The molecule has 0 aliphatic heterocycles. The molecule has 0 radical (unpaired) electrons. The van der Waals surface area contributed by atoms with E-state index in [1.165, 1.54) is 17.0 Å². The summed E-state index contributed by atoms with van der Waals surface area (Å²) in [6.07, 6.45) is 7.98. The minimum atomic E-state index is -0.190. The van der Waals surface area contributed by atoms with Gasteiger partial charge in [0.2, 0.25) is 11.9 Å². The first-order valence-corrected chi connectivity index (χ1v) is 14.9. The SMILES string of the molecule is CCCCc1nc(C)n(-c2ncc(OCCCC(=O)NCCC)cn2)c(=O)c1Cc1ccc(-c2ccccc2C#N)cc1. The summed E-state index contributed by atoms with van der Waals surface area (Å²) in [4.78, 5) is 39.3. The molecule has 0 aliphatic rings. The van der Waals surface area contributed by atoms with Crippen LogP contribution in [0.25, 0.3) is 17.1 Å². The van der Waals surface area contributed by atoms with Crippen LogP contribution in [-0.2, 0) is 17.6 Å². The summed E-state index contributed by atoms with van der Waals surface area (Å²) in [6, 6.07) is 17.7. The van der Waals surface area contributed by atoms with E-state index in [1.54, 1.807) is 13.0 Å². The van der Waals surface area contributed by atoms with Gasteiger partial charge in [0.25, 0.3) is 5.56 Å². The first kappa shape index (κ1) is 31.1. The fourth-order valence-electron chi connectivity index (χ4n) is 4.80. The number of hydrogen-bond acceptors (Lipinski definition) is 7. The number of aryl methyl sites for hydroxylation is 2. The monoisotopic (exact) mass is 578 g/mol. The molecule has 222 valence electrons. The number of rotatable bonds is 14. The van der Waals surface area contributed by atoms with E-state index < -0.39 is 0 Å². The van der Waals surface area contributed by atoms with Gasteiger partial charge in [-0.15, -0.1) is 0 Å². The highest BCUT2D eigenvalue weighted by Gasteiger charge is 2.18. The minimum Gasteiger partial charge on any atom is -0.490 e. The number of benzene rings is 2. The van der Waals surface area contributed by atoms with Crippen LogP contribution in [0, 0.1) is 18.3 Å². The molecule has 0 saturated heterocycles. The van der Waals surface area contributed by atoms with E-state index in [-0.39, 0.29) is 17.4 Å². The van der Waals surface area contributed by atoms with E-state index in [2.05, 4.69) is 28.3 Å². The lowest BCUT2D eigenvalue weighted by atomic mass is 9.97. The fourth-order valence-corrected chi connectivity index (χ4v) is 4.80. The summed E-state index contributed by atoms with van der Waals surface area (Å²) in [5.41, 5.74) is 4.64. The Bertz CT molecular complexity index is 1620. The second kappa shape index (κ2) is 15.4. The van der Waals surface area contributed by atoms with Gasteiger partial charge in [-0.1, -0.05) is 62.7 Å². The Kier molecular flexibility index (Phi) is 11.1. The van der Waals surface area contributed by atoms with Gasteiger partial charge in [-0.3, -0.25) is 9.59 Å². The molecule has 0 spiro atoms. The minimum absolute atomic E-state index is 0.0119. The Morgan fingerprint density at radius 1 is 1.02 bits per heavy atom. The number of nitriles is 1. The first-order chi connectivity index (χ1) is 20.9. The topological polar surface area (TPSA) is 123 Å². The number of carbonyl (C=O) groups is 1. The number of amides is 1. The first-order valence-electron chi connectivity index (χ1n) is 14.9. The van der Waals surface area contributed by atoms with Crippen molar-refractivity contribution in [1.29, 1.82) is 5.26 Å². The third kappa shape index (κ3) is 8.13. The van der Waals surface area contributed by atoms with Gasteiger partial charge < -0.3 is 10.1 Å². The molecule has 4 aromatic rings. The molecule has 0 unspecified atom stereocenters. The molecule has 0 saturated carbocycles. The molecule has 2 aromatic carbocycles. The van der Waals surface area contributed by atoms with Gasteiger partial charge in [0.15, 0.2) is 5.75 Å². The number of carbonyl (C=O) groups excluding carboxylic acids is 1. The van der Waals surface area contributed by atoms with E-state index >= 15 is 0 Å². The zero-order valence-electron chi connectivity index (χ0n) is 25.1. The van der Waals surface area contributed by atoms with E-state index in [9.17, 15) is 14.9 Å². The lowest BCUT2D eigenvalue weighted by Gasteiger charge is -2.15. The zero-order chi connectivity index (χ0) is 30.6. The van der Waals surface area contributed by atoms with Gasteiger partial charge in [0, 0.05) is 24.9 Å². The van der Waals surface area contributed by atoms with Gasteiger partial charge in [0.05, 0.1) is 36.3 Å². The zero-order valence-corrected chi connectivity index (χ0v) is 25.1. The van der Waals surface area contributed by atoms with E-state index in [0.717, 1.165) is 41.6 Å². The Balaban J connectivity index is 1.54. The maximum atomic E-state index is 13.9. The highest BCUT2D eigenvalue weighted by Crippen LogP contribution is 2.24. The summed E-state index contributed by atoms with van der Waals surface area (Å²) in [5.74, 6) is 1.23. The highest BCUT2D eigenvalue weighted by atomic mass is 16.5. The van der Waals surface area contributed by atoms with Crippen LogP contribution in [0.3, 0.4) is 0 Å². The second-order valence-electron chi connectivity index (χ2n) is 10.4. The molecule has 1 N–H and O–H groups in total. The average Bonchev–Trinajstić information content (AvgIpc) is 3.03. The summed E-state index contributed by atoms with van der Waals surface area (Å²) in [5, 5.41) is 12.3. The van der Waals surface area contributed by atoms with Gasteiger partial charge >= 0.3 is 0 Å². The predicted octanol–water partition coefficient (Wildman–Crippen LogP) is 5.49. The van der Waals surface area contributed by atoms with Gasteiger partial charge in [-0.25, -0.2) is 19.5 Å². The average molecular weight is 579 g/mol. The standard InChI is InChI=1S/C34H38N6O3/c1-4-6-12-31-30(20-25-14-16-26(17-15-25)29-11-8-7-10-27(29)21-35)33(42)40(24(3)39-31)34-37-22-28(23-38-34)43-19-9-13-32(41)36-18-5-2/h7-8,10-11,14-17,22-23H,4-6,9,12-13,18-20H2,1-3H3,(H,36,41). The maximum Gasteiger partial charge on any atom is 0.264 e. The van der Waals surface area contributed by atoms with Gasteiger partial charge in [-0.2, -0.15) is 5.26 Å². The van der Waals surface area contributed by atoms with Crippen molar-refractivity contribution in [2.75, 3.05) is 13.2 Å². The molecule has 4 rings (SSSR count). The molecule has 0 fully saturated rings. The second-order valence-corrected chi connectivity index (χ2v) is 10.4. The van der Waals surface area contributed by atoms with Crippen LogP contribution in [0.5, 0.6) is 5.75 Å². The predicted molar refractivity (Wildman–Crippen MR) is 166 cm³/mol. The van der Waals surface area contributed by atoms with Crippen molar-refractivity contribution in [3.05, 3.63) is 99.5 Å². The van der Waals surface area contributed by atoms with Gasteiger partial charge in [0.1, 0.15) is 5.82 Å². The summed E-state index contributed by atoms with van der Waals surface area (Å²) in [7, 11) is 0. The molecule has 9 heteroatoms. The third-order valence-corrected chi connectivity index (χ3v) is 7.09. The van der Waals surface area contributed by atoms with E-state index in [1.807, 2.05) is 49.4 Å². The quantitative estimate of drug-likeness (QED) is 0.196. The van der Waals surface area contributed by atoms with Crippen molar-refractivity contribution in [3.63, 3.8) is 0 Å². The summed E-state index contributed by atoms with van der Waals surface area (Å²) < 4.78 is 7.16. The van der Waals surface area contributed by atoms with Crippen molar-refractivity contribution in [2.24, 2.45) is 0 Å². The van der Waals surface area contributed by atoms with Crippen LogP contribution < -0.4 is 15.6 Å². The fraction of sp³-hybridized carbons (Fsp3) is 0.353. The van der Waals surface area contributed by atoms with Crippen molar-refractivity contribution >= 4 is 5.91 Å². The van der Waals surface area contributed by atoms with Crippen molar-refractivity contribution in [2.45, 2.75) is 65.7 Å². The van der Waals surface area contributed by atoms with Crippen LogP contribution in [-0.4, -0.2) is 38.6 Å². The van der Waals surface area contributed by atoms with Crippen molar-refractivity contribution in [3.8, 4) is 28.9 Å². The van der Waals surface area contributed by atoms with E-state index in [0.29, 0.717) is 61.5 Å². The lowest BCUT2D eigenvalue weighted by Crippen LogP contribution is -2.29. The van der Waals surface area contributed by atoms with Crippen molar-refractivity contribution < 1.29 is 9.53 Å². The number of hydrogen-bond donors (Lipinski definition) is 1. The van der Waals surface area contributed by atoms with Crippen LogP contribution >= 0.6 is 0 Å². The third-order valence-electron chi connectivity index (χ3n) is 7.09. The summed E-state index contributed by atoms with van der Waals surface area (Å²) in [6.45, 7) is 6.95. The van der Waals surface area contributed by atoms with Crippen LogP contribution in [0.2, 0.25) is 0 Å². The molecular weight excluding hydrogens is 540 g/mol. The van der Waals surface area contributed by atoms with Crippen LogP contribution in [0.1, 0.15) is 74.2 Å². The molecule has 9 nitrogen and oxygen atoms in total. The lowest BCUT2D eigenvalue weighted by molar-refractivity contribution is -0.121. The normalized spacial score (nSPS) is 10.7. The smallest absolute Gasteiger partial charge is 0.264 e. The van der Waals surface area contributed by atoms with Gasteiger partial charge in [-0.05, 0) is 55.4 Å². The number of nitrogens with one attached hydrogen (secondary N) is 1. The van der Waals surface area contributed by atoms with Crippen molar-refractivity contribution in [1.82, 2.24) is 24.8 Å². The van der Waals surface area contributed by atoms with Crippen LogP contribution in [0.15, 0.2) is 65.7 Å². The Morgan fingerprint density at radius 2 is 1.77 bits per heavy atom. The molecule has 2 heterocycles. The molecule has 0 aliphatic carbocycles. The number of nitrogens with zero attached hydrogens (tertiary/aromatic N) is 5. The number of aromatic nitrogens is 4. The molecule has 43 heavy (non-hydrogen) atoms. The summed E-state index contributed by atoms with van der Waals surface area (Å²) >= 11 is 0. The number of ether oxygens (including phenoxy) is 1. The Labute approximate surface area is 252 Å². The molecule has 0 atom stereocenters. The molecule has 0 bridgehead atoms. The number of unbranched alkanes of at least 4 members (excludes halogenated alkanes) is 1. The Hall–Kier alpha value is -4.84. The maximum absolute atomic E-state index is 13.9. The molecule has 2 aromatic heterocycles. The molecule has 1 amide bonds. The largest absolute Gasteiger partial charge is 0.490 e. The Morgan fingerprint density at radius 3 is 2.47 bits per heavy atom. The molecular formula is C34H38N6O3.